The van der Waals surface area contributed by atoms with E-state index in [2.05, 4.69) is 49.7 Å². The van der Waals surface area contributed by atoms with E-state index >= 15 is 0 Å². The van der Waals surface area contributed by atoms with Crippen LogP contribution in [0.5, 0.6) is 23.0 Å². The Morgan fingerprint density at radius 1 is 0.507 bits per heavy atom. The number of phenolic OH excluding ortho intramolecular Hbond substituents is 2. The topological polar surface area (TPSA) is 109 Å². The summed E-state index contributed by atoms with van der Waals surface area (Å²) in [5, 5.41) is 44.2. The Bertz CT molecular complexity index is 2350. The van der Waals surface area contributed by atoms with Crippen molar-refractivity contribution in [3.8, 4) is 46.7 Å². The maximum absolute atomic E-state index is 12.0. The second-order valence-electron chi connectivity index (χ2n) is 21.6. The minimum atomic E-state index is -0.989. The van der Waals surface area contributed by atoms with E-state index in [0.717, 1.165) is 125 Å². The van der Waals surface area contributed by atoms with Crippen molar-refractivity contribution in [2.75, 3.05) is 26.4 Å². The van der Waals surface area contributed by atoms with E-state index in [-0.39, 0.29) is 10.8 Å². The highest BCUT2D eigenvalue weighted by Crippen LogP contribution is 2.65. The van der Waals surface area contributed by atoms with Gasteiger partial charge in [0.25, 0.3) is 0 Å². The number of aryl methyl sites for hydroxylation is 2. The Morgan fingerprint density at radius 2 is 0.925 bits per heavy atom. The zero-order valence-corrected chi connectivity index (χ0v) is 39.7. The molecule has 352 valence electrons. The van der Waals surface area contributed by atoms with Crippen molar-refractivity contribution in [1.29, 1.82) is 0 Å². The van der Waals surface area contributed by atoms with Crippen molar-refractivity contribution in [2.45, 2.75) is 140 Å². The van der Waals surface area contributed by atoms with Crippen LogP contribution in [-0.4, -0.2) is 58.1 Å². The van der Waals surface area contributed by atoms with Crippen LogP contribution >= 0.6 is 0 Å². The number of aliphatic hydroxyl groups is 2. The van der Waals surface area contributed by atoms with Crippen molar-refractivity contribution in [1.82, 2.24) is 0 Å². The Balaban J connectivity index is 0.596. The van der Waals surface area contributed by atoms with E-state index in [1.54, 1.807) is 0 Å². The average molecular weight is 903 g/mol. The van der Waals surface area contributed by atoms with Crippen LogP contribution in [0.2, 0.25) is 0 Å². The number of aromatic hydroxyl groups is 2. The molecule has 0 saturated heterocycles. The molecular weight excluding hydrogens is 833 g/mol. The number of rotatable bonds is 12. The first kappa shape index (κ1) is 45.8. The van der Waals surface area contributed by atoms with Gasteiger partial charge in [-0.05, 0) is 233 Å². The third kappa shape index (κ3) is 8.86. The van der Waals surface area contributed by atoms with Crippen LogP contribution < -0.4 is 9.47 Å². The Morgan fingerprint density at radius 3 is 1.36 bits per heavy atom. The molecular formula is C60H70O7. The van der Waals surface area contributed by atoms with Crippen LogP contribution in [0.1, 0.15) is 149 Å². The summed E-state index contributed by atoms with van der Waals surface area (Å²) in [6.07, 6.45) is 15.5. The Labute approximate surface area is 398 Å². The summed E-state index contributed by atoms with van der Waals surface area (Å²) < 4.78 is 17.9. The third-order valence-electron chi connectivity index (χ3n) is 18.2. The lowest BCUT2D eigenvalue weighted by atomic mass is 9.53. The van der Waals surface area contributed by atoms with Crippen LogP contribution in [0.25, 0.3) is 0 Å². The van der Waals surface area contributed by atoms with Gasteiger partial charge in [-0.1, -0.05) is 49.7 Å². The molecule has 0 aliphatic heterocycles. The van der Waals surface area contributed by atoms with Gasteiger partial charge in [0.05, 0.1) is 13.2 Å². The number of hydrogen-bond acceptors (Lipinski definition) is 7. The zero-order chi connectivity index (χ0) is 46.2. The summed E-state index contributed by atoms with van der Waals surface area (Å²) >= 11 is 0. The van der Waals surface area contributed by atoms with Crippen LogP contribution in [0.3, 0.4) is 0 Å². The lowest BCUT2D eigenvalue weighted by Crippen LogP contribution is -2.50. The number of benzene rings is 4. The van der Waals surface area contributed by atoms with E-state index in [0.29, 0.717) is 73.4 Å². The number of fused-ring (bicyclic) bond motifs is 10. The van der Waals surface area contributed by atoms with Crippen molar-refractivity contribution in [2.24, 2.45) is 34.5 Å². The molecule has 4 aromatic rings. The lowest BCUT2D eigenvalue weighted by molar-refractivity contribution is -0.0648. The highest BCUT2D eigenvalue weighted by molar-refractivity contribution is 5.45. The van der Waals surface area contributed by atoms with Gasteiger partial charge in [-0.3, -0.25) is 0 Å². The van der Waals surface area contributed by atoms with Gasteiger partial charge in [0, 0.05) is 35.2 Å². The molecule has 6 aliphatic carbocycles. The van der Waals surface area contributed by atoms with Gasteiger partial charge in [-0.15, -0.1) is 0 Å². The SMILES string of the molecule is C[C@]12CC[C@@H]3c4ccc(O)cc4CC[C@H]3[C@@H]1CC[C@@]2(O)C#Cc1ccc(OCCCCOCCCCOc2ccc(C#C[C@]3(O)CC[C@H]4[C@@H]5CCc6cc(O)ccc6[C@H]5CC[C@@]43C)cc2)cc1. The monoisotopic (exact) mass is 903 g/mol. The Kier molecular flexibility index (Phi) is 12.9. The molecule has 0 radical (unpaired) electrons. The average Bonchev–Trinajstić information content (AvgIpc) is 3.77. The number of hydrogen-bond donors (Lipinski definition) is 4. The summed E-state index contributed by atoms with van der Waals surface area (Å²) in [5.41, 5.74) is 4.80. The van der Waals surface area contributed by atoms with Gasteiger partial charge in [0.15, 0.2) is 0 Å². The van der Waals surface area contributed by atoms with Gasteiger partial charge in [0.1, 0.15) is 34.2 Å². The fourth-order valence-electron chi connectivity index (χ4n) is 14.3. The standard InChI is InChI=1S/C60H70O7/c1-57-29-25-51-49-21-13-45(61)39-43(49)11-19-53(51)55(57)27-33-59(57,63)31-23-41-7-15-47(16-8-41)66-37-5-3-35-65-36-4-6-38-67-48-17-9-42(10-18-48)24-32-60(64)34-28-56-54-20-12-44-40-46(62)14-22-50(44)52(54)26-30-58(56,60)2/h7-10,13-18,21-22,39-40,51-56,61-64H,3-6,11-12,19-20,25-30,33-38H2,1-2H3/t51-,52-,53-,54-,55+,56+,57+,58+,59+,60+/m1/s1. The third-order valence-corrected chi connectivity index (χ3v) is 18.2. The first-order chi connectivity index (χ1) is 32.5. The summed E-state index contributed by atoms with van der Waals surface area (Å²) in [7, 11) is 0. The summed E-state index contributed by atoms with van der Waals surface area (Å²) in [6, 6.07) is 27.7. The number of ether oxygens (including phenoxy) is 3. The van der Waals surface area contributed by atoms with Gasteiger partial charge in [-0.2, -0.15) is 0 Å². The number of phenols is 2. The molecule has 0 bridgehead atoms. The molecule has 67 heavy (non-hydrogen) atoms. The molecule has 7 nitrogen and oxygen atoms in total. The largest absolute Gasteiger partial charge is 0.508 e. The molecule has 0 aromatic heterocycles. The fraction of sp³-hybridized carbons (Fsp3) is 0.533. The van der Waals surface area contributed by atoms with E-state index in [9.17, 15) is 20.4 Å². The second-order valence-corrected chi connectivity index (χ2v) is 21.6. The predicted molar refractivity (Wildman–Crippen MR) is 262 cm³/mol. The lowest BCUT2D eigenvalue weighted by Gasteiger charge is -2.52. The molecule has 4 saturated carbocycles. The minimum absolute atomic E-state index is 0.216. The molecule has 10 rings (SSSR count). The molecule has 4 N–H and O–H groups in total. The highest BCUT2D eigenvalue weighted by atomic mass is 16.5. The molecule has 6 aliphatic rings. The molecule has 0 amide bonds. The molecule has 4 aromatic carbocycles. The molecule has 10 atom stereocenters. The maximum atomic E-state index is 12.0. The molecule has 4 fully saturated rings. The van der Waals surface area contributed by atoms with E-state index in [1.807, 2.05) is 72.8 Å². The fourth-order valence-corrected chi connectivity index (χ4v) is 14.3. The quantitative estimate of drug-likeness (QED) is 0.0828. The van der Waals surface area contributed by atoms with Crippen molar-refractivity contribution < 1.29 is 34.6 Å². The second kappa shape index (κ2) is 18.9. The molecule has 0 unspecified atom stereocenters. The van der Waals surface area contributed by atoms with Crippen LogP contribution in [0, 0.1) is 58.2 Å². The number of unbranched alkanes of at least 4 members (excludes halogenated alkanes) is 2. The first-order valence-corrected chi connectivity index (χ1v) is 25.6. The van der Waals surface area contributed by atoms with Crippen molar-refractivity contribution >= 4 is 0 Å². The van der Waals surface area contributed by atoms with Crippen LogP contribution in [-0.2, 0) is 17.6 Å². The summed E-state index contributed by atoms with van der Waals surface area (Å²) in [6.45, 7) is 7.24. The molecule has 0 heterocycles. The normalized spacial score (nSPS) is 32.1. The smallest absolute Gasteiger partial charge is 0.131 e. The van der Waals surface area contributed by atoms with E-state index in [4.69, 9.17) is 14.2 Å². The van der Waals surface area contributed by atoms with Gasteiger partial charge in [0.2, 0.25) is 0 Å². The molecule has 7 heteroatoms. The van der Waals surface area contributed by atoms with E-state index in [1.165, 1.54) is 22.3 Å². The zero-order valence-electron chi connectivity index (χ0n) is 39.7. The van der Waals surface area contributed by atoms with E-state index < -0.39 is 11.2 Å². The van der Waals surface area contributed by atoms with Crippen LogP contribution in [0.15, 0.2) is 84.9 Å². The first-order valence-electron chi connectivity index (χ1n) is 25.6. The summed E-state index contributed by atoms with van der Waals surface area (Å²) in [5.74, 6) is 18.8. The maximum Gasteiger partial charge on any atom is 0.131 e. The van der Waals surface area contributed by atoms with Crippen LogP contribution in [0.4, 0.5) is 0 Å². The predicted octanol–water partition coefficient (Wildman–Crippen LogP) is 11.4. The Hall–Kier alpha value is -4.92. The highest BCUT2D eigenvalue weighted by Gasteiger charge is 2.62. The van der Waals surface area contributed by atoms with Gasteiger partial charge in [-0.25, -0.2) is 0 Å². The summed E-state index contributed by atoms with van der Waals surface area (Å²) in [4.78, 5) is 0. The molecule has 0 spiro atoms. The van der Waals surface area contributed by atoms with Gasteiger partial charge >= 0.3 is 0 Å². The minimum Gasteiger partial charge on any atom is -0.508 e. The van der Waals surface area contributed by atoms with Gasteiger partial charge < -0.3 is 34.6 Å². The van der Waals surface area contributed by atoms with Crippen molar-refractivity contribution in [3.63, 3.8) is 0 Å². The van der Waals surface area contributed by atoms with Crippen molar-refractivity contribution in [3.05, 3.63) is 118 Å².